The van der Waals surface area contributed by atoms with E-state index in [1.165, 1.54) is 212 Å². The Kier molecular flexibility index (Phi) is 68.8. The molecule has 3 fully saturated rings. The third-order valence-electron chi connectivity index (χ3n) is 24.3. The highest BCUT2D eigenvalue weighted by molar-refractivity contribution is 7.47. The molecule has 26 heteroatoms. The lowest BCUT2D eigenvalue weighted by Gasteiger charge is -2.50. The van der Waals surface area contributed by atoms with Crippen molar-refractivity contribution in [3.8, 4) is 0 Å². The average molecular weight is 1750 g/mol. The summed E-state index contributed by atoms with van der Waals surface area (Å²) in [4.78, 5) is 66.6. The highest BCUT2D eigenvalue weighted by atomic mass is 31.2. The van der Waals surface area contributed by atoms with Crippen LogP contribution >= 0.6 is 7.82 Å². The molecular weight excluding hydrogens is 1570 g/mol. The van der Waals surface area contributed by atoms with Gasteiger partial charge in [0.25, 0.3) is 0 Å². The second-order valence-electron chi connectivity index (χ2n) is 35.3. The molecule has 2 heterocycles. The predicted octanol–water partition coefficient (Wildman–Crippen LogP) is 19.1. The van der Waals surface area contributed by atoms with Gasteiger partial charge in [-0.1, -0.05) is 374 Å². The number of rotatable bonds is 81. The Labute approximate surface area is 731 Å². The number of phosphoric ester groups is 1. The molecule has 121 heavy (non-hydrogen) atoms. The van der Waals surface area contributed by atoms with Gasteiger partial charge < -0.3 is 88.7 Å². The lowest BCUT2D eigenvalue weighted by Crippen LogP contribution is -2.70. The molecule has 1 saturated carbocycles. The molecule has 0 spiro atoms. The number of unbranched alkanes of at least 4 members (excludes halogenated alkanes) is 55. The Morgan fingerprint density at radius 3 is 0.992 bits per heavy atom. The number of carbonyl (C=O) groups excluding carboxylic acids is 4. The minimum absolute atomic E-state index is 0.0184. The van der Waals surface area contributed by atoms with Gasteiger partial charge in [0.1, 0.15) is 92.6 Å². The number of allylic oxidation sites excluding steroid dienone is 2. The van der Waals surface area contributed by atoms with E-state index in [1.807, 2.05) is 0 Å². The summed E-state index contributed by atoms with van der Waals surface area (Å²) in [6.07, 6.45) is 34.5. The molecule has 18 atom stereocenters. The van der Waals surface area contributed by atoms with Crippen LogP contribution < -0.4 is 0 Å². The zero-order valence-corrected chi connectivity index (χ0v) is 77.0. The van der Waals surface area contributed by atoms with E-state index in [2.05, 4.69) is 39.8 Å². The molecule has 712 valence electrons. The number of ether oxygens (including phenoxy) is 8. The van der Waals surface area contributed by atoms with Crippen molar-refractivity contribution in [3.05, 3.63) is 12.2 Å². The Hall–Kier alpha value is -2.79. The predicted molar refractivity (Wildman–Crippen MR) is 472 cm³/mol. The molecule has 0 amide bonds. The fourth-order valence-corrected chi connectivity index (χ4v) is 17.4. The molecule has 2 aliphatic heterocycles. The van der Waals surface area contributed by atoms with E-state index in [-0.39, 0.29) is 25.7 Å². The molecule has 3 aliphatic rings. The summed E-state index contributed by atoms with van der Waals surface area (Å²) in [6, 6.07) is 0. The van der Waals surface area contributed by atoms with Gasteiger partial charge in [-0.2, -0.15) is 0 Å². The minimum Gasteiger partial charge on any atom is -0.463 e. The minimum atomic E-state index is -5.81. The normalized spacial score (nSPS) is 24.6. The van der Waals surface area contributed by atoms with Gasteiger partial charge in [-0.15, -0.1) is 0 Å². The van der Waals surface area contributed by atoms with Crippen LogP contribution in [0.25, 0.3) is 0 Å². The van der Waals surface area contributed by atoms with Gasteiger partial charge in [0, 0.05) is 25.7 Å². The molecule has 3 rings (SSSR count). The van der Waals surface area contributed by atoms with E-state index in [9.17, 15) is 74.6 Å². The summed E-state index contributed by atoms with van der Waals surface area (Å²) in [7, 11) is -5.81. The summed E-state index contributed by atoms with van der Waals surface area (Å²) in [5, 5.41) is 102. The lowest BCUT2D eigenvalue weighted by molar-refractivity contribution is -0.360. The maximum Gasteiger partial charge on any atom is 0.472 e. The van der Waals surface area contributed by atoms with Crippen LogP contribution in [-0.2, 0) is 70.7 Å². The van der Waals surface area contributed by atoms with Gasteiger partial charge >= 0.3 is 31.7 Å². The van der Waals surface area contributed by atoms with Crippen LogP contribution in [0.2, 0.25) is 0 Å². The molecule has 18 unspecified atom stereocenters. The monoisotopic (exact) mass is 1750 g/mol. The van der Waals surface area contributed by atoms with Crippen LogP contribution in [0.4, 0.5) is 0 Å². The number of phosphoric acid groups is 1. The van der Waals surface area contributed by atoms with E-state index in [1.54, 1.807) is 0 Å². The average Bonchev–Trinajstić information content (AvgIpc) is 0.753. The van der Waals surface area contributed by atoms with E-state index >= 15 is 0 Å². The molecule has 1 aliphatic carbocycles. The van der Waals surface area contributed by atoms with Gasteiger partial charge in [0.2, 0.25) is 0 Å². The Bertz CT molecular complexity index is 2550. The Morgan fingerprint density at radius 2 is 0.620 bits per heavy atom. The number of aliphatic hydroxyl groups is 9. The van der Waals surface area contributed by atoms with Crippen LogP contribution in [0, 0.1) is 0 Å². The first-order valence-corrected chi connectivity index (χ1v) is 50.9. The summed E-state index contributed by atoms with van der Waals surface area (Å²) in [5.74, 6) is -2.95. The van der Waals surface area contributed by atoms with Crippen molar-refractivity contribution in [1.29, 1.82) is 0 Å². The molecule has 10 N–H and O–H groups in total. The van der Waals surface area contributed by atoms with Crippen molar-refractivity contribution in [2.24, 2.45) is 0 Å². The molecular formula is C95H177O25P. The van der Waals surface area contributed by atoms with E-state index in [0.717, 1.165) is 141 Å². The Morgan fingerprint density at radius 1 is 0.322 bits per heavy atom. The molecule has 0 aromatic heterocycles. The highest BCUT2D eigenvalue weighted by Crippen LogP contribution is 2.49. The van der Waals surface area contributed by atoms with Crippen molar-refractivity contribution < 1.29 is 122 Å². The SMILES string of the molecule is CCCCCC/C=C\CCCCCCCCCC(=O)OC1C(O)C(O)C(OC2OC(CO)C(O)C(O)C2O)C(OP(=O)(O)OCC(COC(=O)CCCCCCCCCCCCCCCCCC)OC(=O)CCCCCCCCCCCCCCCCCC)C1OC1OC(COC(=O)CCCCCCCCCCCCCCCCC)C(O)C(O)C1O. The molecule has 0 bridgehead atoms. The Balaban J connectivity index is 1.90. The van der Waals surface area contributed by atoms with Gasteiger partial charge in [0.15, 0.2) is 24.8 Å². The topological polar surface area (TPSA) is 380 Å². The van der Waals surface area contributed by atoms with E-state index in [4.69, 9.17) is 46.9 Å². The van der Waals surface area contributed by atoms with Gasteiger partial charge in [-0.3, -0.25) is 28.2 Å². The third kappa shape index (κ3) is 53.7. The number of hydrogen-bond donors (Lipinski definition) is 10. The largest absolute Gasteiger partial charge is 0.472 e. The van der Waals surface area contributed by atoms with Gasteiger partial charge in [0.05, 0.1) is 13.2 Å². The molecule has 2 saturated heterocycles. The number of carbonyl (C=O) groups is 4. The highest BCUT2D eigenvalue weighted by Gasteiger charge is 2.60. The quantitative estimate of drug-likeness (QED) is 0.00889. The second-order valence-corrected chi connectivity index (χ2v) is 36.7. The van der Waals surface area contributed by atoms with Crippen molar-refractivity contribution in [2.75, 3.05) is 26.4 Å². The summed E-state index contributed by atoms with van der Waals surface area (Å²) >= 11 is 0. The van der Waals surface area contributed by atoms with E-state index < -0.39 is 162 Å². The van der Waals surface area contributed by atoms with Crippen LogP contribution in [0.1, 0.15) is 439 Å². The smallest absolute Gasteiger partial charge is 0.463 e. The number of esters is 4. The first kappa shape index (κ1) is 112. The van der Waals surface area contributed by atoms with Crippen molar-refractivity contribution in [2.45, 2.75) is 543 Å². The standard InChI is InChI=1S/C95H177O25P/c1-5-9-13-17-21-25-29-33-37-41-44-47-51-55-59-63-67-78(97)111-72-75(114-80(99)69-65-61-57-53-49-46-42-38-34-30-26-22-18-14-10-6-2)73-113-121(109,110)120-93-91(118-94-88(107)84(103)82(101)76(71-96)115-94)87(106)86(105)90(117-81(100)70-66-62-58-54-50-45-40-36-32-28-24-20-16-12-8-4)92(93)119-95-89(108)85(104)83(102)77(116-95)74-112-79(98)68-64-60-56-52-48-43-39-35-31-27-23-19-15-11-7-3/h28,32,75-77,82-96,101-108H,5-27,29-31,33-74H2,1-4H3,(H,109,110)/b32-28-. The van der Waals surface area contributed by atoms with Crippen molar-refractivity contribution >= 4 is 31.7 Å². The van der Waals surface area contributed by atoms with Crippen LogP contribution in [0.3, 0.4) is 0 Å². The van der Waals surface area contributed by atoms with Gasteiger partial charge in [-0.25, -0.2) is 4.57 Å². The van der Waals surface area contributed by atoms with Gasteiger partial charge in [-0.05, 0) is 51.4 Å². The van der Waals surface area contributed by atoms with E-state index in [0.29, 0.717) is 32.1 Å². The first-order chi connectivity index (χ1) is 58.7. The molecule has 0 aromatic rings. The number of hydrogen-bond acceptors (Lipinski definition) is 24. The fraction of sp³-hybridized carbons (Fsp3) is 0.937. The first-order valence-electron chi connectivity index (χ1n) is 49.4. The van der Waals surface area contributed by atoms with Crippen molar-refractivity contribution in [3.63, 3.8) is 0 Å². The summed E-state index contributed by atoms with van der Waals surface area (Å²) in [5.41, 5.74) is 0. The maximum absolute atomic E-state index is 14.9. The summed E-state index contributed by atoms with van der Waals surface area (Å²) < 4.78 is 73.6. The van der Waals surface area contributed by atoms with Crippen molar-refractivity contribution in [1.82, 2.24) is 0 Å². The summed E-state index contributed by atoms with van der Waals surface area (Å²) in [6.45, 7) is 5.64. The van der Waals surface area contributed by atoms with Crippen LogP contribution in [0.15, 0.2) is 12.2 Å². The number of aliphatic hydroxyl groups excluding tert-OH is 9. The molecule has 0 aromatic carbocycles. The fourth-order valence-electron chi connectivity index (χ4n) is 16.4. The van der Waals surface area contributed by atoms with Crippen LogP contribution in [-0.4, -0.2) is 205 Å². The maximum atomic E-state index is 14.9. The lowest BCUT2D eigenvalue weighted by atomic mass is 9.84. The zero-order valence-electron chi connectivity index (χ0n) is 76.1. The second kappa shape index (κ2) is 74.0. The molecule has 0 radical (unpaired) electrons. The molecule has 25 nitrogen and oxygen atoms in total. The third-order valence-corrected chi connectivity index (χ3v) is 25.3. The zero-order chi connectivity index (χ0) is 88.2. The van der Waals surface area contributed by atoms with Crippen LogP contribution in [0.5, 0.6) is 0 Å².